The Morgan fingerprint density at radius 2 is 2.05 bits per heavy atom. The molecule has 0 unspecified atom stereocenters. The van der Waals surface area contributed by atoms with E-state index in [0.29, 0.717) is 31.9 Å². The summed E-state index contributed by atoms with van der Waals surface area (Å²) in [6.45, 7) is 1.33. The highest BCUT2D eigenvalue weighted by Crippen LogP contribution is 2.24. The van der Waals surface area contributed by atoms with Crippen LogP contribution in [-0.2, 0) is 14.9 Å². The number of hydrogen-bond donors (Lipinski definition) is 1. The summed E-state index contributed by atoms with van der Waals surface area (Å²) in [5, 5.41) is 9.05. The summed E-state index contributed by atoms with van der Waals surface area (Å²) in [5.41, 5.74) is 0.538. The van der Waals surface area contributed by atoms with Gasteiger partial charge in [0.1, 0.15) is 0 Å². The van der Waals surface area contributed by atoms with Crippen LogP contribution in [0.2, 0.25) is 5.02 Å². The van der Waals surface area contributed by atoms with E-state index in [-0.39, 0.29) is 10.7 Å². The topological polar surface area (TPSA) is 82.4 Å². The van der Waals surface area contributed by atoms with E-state index in [9.17, 15) is 8.42 Å². The van der Waals surface area contributed by atoms with Crippen LogP contribution in [-0.4, -0.2) is 39.0 Å². The average molecular weight is 302 g/mol. The van der Waals surface area contributed by atoms with E-state index in [1.165, 1.54) is 22.5 Å². The van der Waals surface area contributed by atoms with Crippen molar-refractivity contribution in [1.29, 1.82) is 5.26 Å². The Kier molecular flexibility index (Phi) is 4.27. The summed E-state index contributed by atoms with van der Waals surface area (Å²) < 4.78 is 33.0. The highest BCUT2D eigenvalue weighted by Gasteiger charge is 2.24. The summed E-state index contributed by atoms with van der Waals surface area (Å²) in [6.07, 6.45) is 0. The van der Waals surface area contributed by atoms with Gasteiger partial charge in [0.2, 0.25) is 0 Å². The van der Waals surface area contributed by atoms with Crippen LogP contribution in [0.1, 0.15) is 5.56 Å². The first-order valence-electron chi connectivity index (χ1n) is 5.58. The zero-order valence-electron chi connectivity index (χ0n) is 9.97. The van der Waals surface area contributed by atoms with Crippen molar-refractivity contribution >= 4 is 27.5 Å². The molecule has 1 saturated heterocycles. The molecule has 1 aliphatic rings. The number of nitrogens with one attached hydrogen (secondary N) is 1. The molecule has 1 fully saturated rings. The molecule has 2 rings (SSSR count). The van der Waals surface area contributed by atoms with Crippen LogP contribution in [0, 0.1) is 11.3 Å². The van der Waals surface area contributed by atoms with Gasteiger partial charge in [0.15, 0.2) is 0 Å². The summed E-state index contributed by atoms with van der Waals surface area (Å²) >= 11 is 5.92. The van der Waals surface area contributed by atoms with Crippen LogP contribution in [0.25, 0.3) is 0 Å². The number of anilines is 1. The number of halogens is 1. The Morgan fingerprint density at radius 3 is 2.68 bits per heavy atom. The molecule has 0 amide bonds. The second-order valence-electron chi connectivity index (χ2n) is 3.92. The van der Waals surface area contributed by atoms with Gasteiger partial charge in [0.25, 0.3) is 0 Å². The molecular weight excluding hydrogens is 290 g/mol. The summed E-state index contributed by atoms with van der Waals surface area (Å²) in [4.78, 5) is 0. The molecule has 0 aliphatic carbocycles. The van der Waals surface area contributed by atoms with Gasteiger partial charge in [-0.25, -0.2) is 0 Å². The lowest BCUT2D eigenvalue weighted by atomic mass is 10.2. The SMILES string of the molecule is N#Cc1ccc(Cl)c(NS(=O)(=O)N2CCOCC2)c1. The van der Waals surface area contributed by atoms with Crippen LogP contribution in [0.3, 0.4) is 0 Å². The molecule has 1 N–H and O–H groups in total. The van der Waals surface area contributed by atoms with E-state index in [0.717, 1.165) is 0 Å². The van der Waals surface area contributed by atoms with Crippen molar-refractivity contribution in [3.63, 3.8) is 0 Å². The van der Waals surface area contributed by atoms with Gasteiger partial charge in [-0.2, -0.15) is 18.0 Å². The molecule has 0 saturated carbocycles. The third-order valence-electron chi connectivity index (χ3n) is 2.64. The predicted octanol–water partition coefficient (Wildman–Crippen LogP) is 1.20. The van der Waals surface area contributed by atoms with Crippen molar-refractivity contribution in [3.8, 4) is 6.07 Å². The predicted molar refractivity (Wildman–Crippen MR) is 71.1 cm³/mol. The van der Waals surface area contributed by atoms with E-state index < -0.39 is 10.2 Å². The van der Waals surface area contributed by atoms with Crippen molar-refractivity contribution in [3.05, 3.63) is 28.8 Å². The van der Waals surface area contributed by atoms with Gasteiger partial charge < -0.3 is 4.74 Å². The van der Waals surface area contributed by atoms with Crippen LogP contribution >= 0.6 is 11.6 Å². The van der Waals surface area contributed by atoms with Crippen molar-refractivity contribution in [1.82, 2.24) is 4.31 Å². The first-order chi connectivity index (χ1) is 9.03. The van der Waals surface area contributed by atoms with Gasteiger partial charge in [-0.05, 0) is 18.2 Å². The largest absolute Gasteiger partial charge is 0.379 e. The number of hydrogen-bond acceptors (Lipinski definition) is 4. The molecule has 0 radical (unpaired) electrons. The molecule has 1 aromatic carbocycles. The maximum Gasteiger partial charge on any atom is 0.301 e. The number of rotatable bonds is 3. The Hall–Kier alpha value is -1.33. The third-order valence-corrected chi connectivity index (χ3v) is 4.50. The van der Waals surface area contributed by atoms with Crippen LogP contribution in [0.4, 0.5) is 5.69 Å². The fourth-order valence-electron chi connectivity index (χ4n) is 1.66. The standard InChI is InChI=1S/C11H12ClN3O3S/c12-10-2-1-9(8-13)7-11(10)14-19(16,17)15-3-5-18-6-4-15/h1-2,7,14H,3-6H2. The average Bonchev–Trinajstić information content (AvgIpc) is 2.42. The van der Waals surface area contributed by atoms with Crippen molar-refractivity contribution in [2.24, 2.45) is 0 Å². The highest BCUT2D eigenvalue weighted by atomic mass is 35.5. The second kappa shape index (κ2) is 5.75. The molecule has 6 nitrogen and oxygen atoms in total. The van der Waals surface area contributed by atoms with E-state index >= 15 is 0 Å². The third kappa shape index (κ3) is 3.36. The maximum absolute atomic E-state index is 12.1. The van der Waals surface area contributed by atoms with E-state index in [1.807, 2.05) is 6.07 Å². The molecule has 0 spiro atoms. The summed E-state index contributed by atoms with van der Waals surface area (Å²) in [6, 6.07) is 6.34. The number of ether oxygens (including phenoxy) is 1. The lowest BCUT2D eigenvalue weighted by Crippen LogP contribution is -2.43. The van der Waals surface area contributed by atoms with Gasteiger partial charge >= 0.3 is 10.2 Å². The molecule has 1 aromatic rings. The Balaban J connectivity index is 2.22. The van der Waals surface area contributed by atoms with Gasteiger partial charge in [0.05, 0.1) is 35.6 Å². The van der Waals surface area contributed by atoms with Gasteiger partial charge in [-0.3, -0.25) is 4.72 Å². The minimum Gasteiger partial charge on any atom is -0.379 e. The van der Waals surface area contributed by atoms with Gasteiger partial charge in [-0.15, -0.1) is 0 Å². The molecular formula is C11H12ClN3O3S. The van der Waals surface area contributed by atoms with Crippen LogP contribution in [0.5, 0.6) is 0 Å². The molecule has 0 bridgehead atoms. The number of morpholine rings is 1. The normalized spacial score (nSPS) is 16.8. The minimum absolute atomic E-state index is 0.201. The molecule has 102 valence electrons. The first kappa shape index (κ1) is 14.1. The van der Waals surface area contributed by atoms with Gasteiger partial charge in [0, 0.05) is 13.1 Å². The van der Waals surface area contributed by atoms with E-state index in [1.54, 1.807) is 0 Å². The Bertz CT molecular complexity index is 606. The Labute approximate surface area is 116 Å². The highest BCUT2D eigenvalue weighted by molar-refractivity contribution is 7.90. The molecule has 8 heteroatoms. The molecule has 0 atom stereocenters. The number of nitriles is 1. The smallest absolute Gasteiger partial charge is 0.301 e. The molecule has 0 aromatic heterocycles. The van der Waals surface area contributed by atoms with Crippen molar-refractivity contribution < 1.29 is 13.2 Å². The fraction of sp³-hybridized carbons (Fsp3) is 0.364. The van der Waals surface area contributed by atoms with Crippen LogP contribution in [0.15, 0.2) is 18.2 Å². The molecule has 1 aliphatic heterocycles. The number of nitrogens with zero attached hydrogens (tertiary/aromatic N) is 2. The number of benzene rings is 1. The fourth-order valence-corrected chi connectivity index (χ4v) is 3.09. The summed E-state index contributed by atoms with van der Waals surface area (Å²) in [7, 11) is -3.67. The van der Waals surface area contributed by atoms with Crippen molar-refractivity contribution in [2.75, 3.05) is 31.0 Å². The van der Waals surface area contributed by atoms with E-state index in [4.69, 9.17) is 21.6 Å². The quantitative estimate of drug-likeness (QED) is 0.909. The van der Waals surface area contributed by atoms with E-state index in [2.05, 4.69) is 4.72 Å². The minimum atomic E-state index is -3.67. The van der Waals surface area contributed by atoms with Crippen molar-refractivity contribution in [2.45, 2.75) is 0 Å². The maximum atomic E-state index is 12.1. The van der Waals surface area contributed by atoms with Crippen LogP contribution < -0.4 is 4.72 Å². The molecule has 1 heterocycles. The second-order valence-corrected chi connectivity index (χ2v) is 6.00. The lowest BCUT2D eigenvalue weighted by molar-refractivity contribution is 0.0733. The molecule has 19 heavy (non-hydrogen) atoms. The monoisotopic (exact) mass is 301 g/mol. The zero-order valence-corrected chi connectivity index (χ0v) is 11.5. The first-order valence-corrected chi connectivity index (χ1v) is 7.40. The Morgan fingerprint density at radius 1 is 1.37 bits per heavy atom. The zero-order chi connectivity index (χ0) is 13.9. The lowest BCUT2D eigenvalue weighted by Gasteiger charge is -2.26. The summed E-state index contributed by atoms with van der Waals surface area (Å²) in [5.74, 6) is 0. The van der Waals surface area contributed by atoms with Gasteiger partial charge in [-0.1, -0.05) is 11.6 Å².